The summed E-state index contributed by atoms with van der Waals surface area (Å²) < 4.78 is 25.9. The number of hydrogen-bond acceptors (Lipinski definition) is 6. The van der Waals surface area contributed by atoms with Gasteiger partial charge in [0.05, 0.1) is 16.9 Å². The molecule has 1 saturated heterocycles. The molecule has 9 heteroatoms. The number of aromatic nitrogens is 2. The number of nitrogens with two attached hydrogens (primary N) is 1. The highest BCUT2D eigenvalue weighted by Gasteiger charge is 2.22. The normalized spacial score (nSPS) is 14.6. The lowest BCUT2D eigenvalue weighted by molar-refractivity contribution is 0.103. The van der Waals surface area contributed by atoms with E-state index in [2.05, 4.69) is 31.5 Å². The molecule has 8 nitrogen and oxygen atoms in total. The van der Waals surface area contributed by atoms with Gasteiger partial charge in [-0.05, 0) is 48.5 Å². The first-order valence-electron chi connectivity index (χ1n) is 11.7. The zero-order valence-electron chi connectivity index (χ0n) is 19.7. The number of imidazole rings is 1. The van der Waals surface area contributed by atoms with Gasteiger partial charge in [0.25, 0.3) is 0 Å². The van der Waals surface area contributed by atoms with Crippen molar-refractivity contribution >= 4 is 21.5 Å². The van der Waals surface area contributed by atoms with Gasteiger partial charge < -0.3 is 9.47 Å². The van der Waals surface area contributed by atoms with E-state index in [1.807, 2.05) is 42.9 Å². The van der Waals surface area contributed by atoms with Gasteiger partial charge in [0.2, 0.25) is 10.0 Å². The predicted molar refractivity (Wildman–Crippen MR) is 139 cm³/mol. The Labute approximate surface area is 210 Å². The van der Waals surface area contributed by atoms with E-state index in [-0.39, 0.29) is 16.2 Å². The quantitative estimate of drug-likeness (QED) is 0.391. The Morgan fingerprint density at radius 2 is 1.50 bits per heavy atom. The van der Waals surface area contributed by atoms with Crippen molar-refractivity contribution in [2.75, 3.05) is 31.1 Å². The molecule has 1 aliphatic rings. The molecule has 1 aromatic heterocycles. The van der Waals surface area contributed by atoms with Gasteiger partial charge in [-0.25, -0.2) is 18.5 Å². The van der Waals surface area contributed by atoms with Crippen LogP contribution in [0, 0.1) is 0 Å². The highest BCUT2D eigenvalue weighted by molar-refractivity contribution is 7.89. The molecule has 4 aromatic rings. The van der Waals surface area contributed by atoms with Crippen LogP contribution < -0.4 is 10.0 Å². The minimum atomic E-state index is -3.99. The van der Waals surface area contributed by atoms with Crippen LogP contribution in [-0.2, 0) is 16.6 Å². The van der Waals surface area contributed by atoms with Crippen molar-refractivity contribution in [2.24, 2.45) is 5.14 Å². The first-order chi connectivity index (χ1) is 17.4. The number of benzene rings is 3. The molecule has 2 heterocycles. The van der Waals surface area contributed by atoms with Crippen LogP contribution in [0.3, 0.4) is 0 Å². The standard InChI is InChI=1S/C27H27N5O3S/c28-36(34,35)26-9-5-4-8-25(26)27(33)21-10-12-22(13-11-21)31-16-14-30(15-17-31)19-24-18-29-20-32(24)23-6-2-1-3-7-23/h1-13,18,20H,14-17,19H2,(H2,28,34,35). The summed E-state index contributed by atoms with van der Waals surface area (Å²) in [7, 11) is -3.99. The second kappa shape index (κ2) is 10.1. The van der Waals surface area contributed by atoms with Crippen molar-refractivity contribution in [3.8, 4) is 5.69 Å². The summed E-state index contributed by atoms with van der Waals surface area (Å²) in [6.45, 7) is 4.35. The molecule has 0 saturated carbocycles. The second-order valence-electron chi connectivity index (χ2n) is 8.77. The molecule has 36 heavy (non-hydrogen) atoms. The second-order valence-corrected chi connectivity index (χ2v) is 10.3. The number of rotatable bonds is 7. The molecule has 0 unspecified atom stereocenters. The molecule has 1 fully saturated rings. The van der Waals surface area contributed by atoms with Gasteiger partial charge in [-0.1, -0.05) is 30.3 Å². The zero-order chi connectivity index (χ0) is 25.1. The van der Waals surface area contributed by atoms with Gasteiger partial charge >= 0.3 is 0 Å². The monoisotopic (exact) mass is 501 g/mol. The maximum atomic E-state index is 13.0. The first-order valence-corrected chi connectivity index (χ1v) is 13.3. The molecule has 0 radical (unpaired) electrons. The van der Waals surface area contributed by atoms with Gasteiger partial charge in [0.15, 0.2) is 5.78 Å². The maximum Gasteiger partial charge on any atom is 0.238 e. The fourth-order valence-electron chi connectivity index (χ4n) is 4.54. The predicted octanol–water partition coefficient (Wildman–Crippen LogP) is 3.07. The van der Waals surface area contributed by atoms with Crippen molar-refractivity contribution in [1.29, 1.82) is 0 Å². The largest absolute Gasteiger partial charge is 0.369 e. The summed E-state index contributed by atoms with van der Waals surface area (Å²) in [6, 6.07) is 23.5. The van der Waals surface area contributed by atoms with Crippen molar-refractivity contribution < 1.29 is 13.2 Å². The molecule has 1 aliphatic heterocycles. The zero-order valence-corrected chi connectivity index (χ0v) is 20.5. The summed E-state index contributed by atoms with van der Waals surface area (Å²) in [6.07, 6.45) is 3.77. The number of carbonyl (C=O) groups excluding carboxylic acids is 1. The third-order valence-electron chi connectivity index (χ3n) is 6.44. The van der Waals surface area contributed by atoms with Crippen LogP contribution in [0.2, 0.25) is 0 Å². The van der Waals surface area contributed by atoms with Gasteiger partial charge in [-0.2, -0.15) is 0 Å². The molecule has 5 rings (SSSR count). The molecular weight excluding hydrogens is 474 g/mol. The van der Waals surface area contributed by atoms with Gasteiger partial charge in [-0.15, -0.1) is 0 Å². The van der Waals surface area contributed by atoms with Gasteiger partial charge in [0, 0.05) is 61.4 Å². The highest BCUT2D eigenvalue weighted by atomic mass is 32.2. The van der Waals surface area contributed by atoms with Crippen LogP contribution in [-0.4, -0.2) is 54.8 Å². The summed E-state index contributed by atoms with van der Waals surface area (Å²) in [5, 5.41) is 5.29. The van der Waals surface area contributed by atoms with Crippen LogP contribution >= 0.6 is 0 Å². The summed E-state index contributed by atoms with van der Waals surface area (Å²) in [5.41, 5.74) is 3.78. The van der Waals surface area contributed by atoms with E-state index in [1.54, 1.807) is 24.3 Å². The molecule has 0 amide bonds. The molecular formula is C27H27N5O3S. The number of piperazine rings is 1. The van der Waals surface area contributed by atoms with E-state index in [0.29, 0.717) is 5.56 Å². The number of hydrogen-bond donors (Lipinski definition) is 1. The fourth-order valence-corrected chi connectivity index (χ4v) is 5.27. The lowest BCUT2D eigenvalue weighted by Crippen LogP contribution is -2.46. The van der Waals surface area contributed by atoms with Gasteiger partial charge in [0.1, 0.15) is 0 Å². The van der Waals surface area contributed by atoms with E-state index in [9.17, 15) is 13.2 Å². The third-order valence-corrected chi connectivity index (χ3v) is 7.41. The summed E-state index contributed by atoms with van der Waals surface area (Å²) in [5.74, 6) is -0.369. The Bertz CT molecular complexity index is 1460. The van der Waals surface area contributed by atoms with Crippen molar-refractivity contribution in [3.63, 3.8) is 0 Å². The number of ketones is 1. The summed E-state index contributed by atoms with van der Waals surface area (Å²) in [4.78, 5) is 21.9. The molecule has 0 bridgehead atoms. The number of primary sulfonamides is 1. The Kier molecular flexibility index (Phi) is 6.69. The van der Waals surface area contributed by atoms with Crippen molar-refractivity contribution in [2.45, 2.75) is 11.4 Å². The van der Waals surface area contributed by atoms with Crippen LogP contribution in [0.5, 0.6) is 0 Å². The van der Waals surface area contributed by atoms with Crippen LogP contribution in [0.1, 0.15) is 21.6 Å². The molecule has 184 valence electrons. The number of para-hydroxylation sites is 1. The first kappa shape index (κ1) is 23.9. The van der Waals surface area contributed by atoms with E-state index >= 15 is 0 Å². The number of nitrogens with zero attached hydrogens (tertiary/aromatic N) is 4. The minimum Gasteiger partial charge on any atom is -0.369 e. The van der Waals surface area contributed by atoms with Crippen LogP contribution in [0.15, 0.2) is 96.3 Å². The van der Waals surface area contributed by atoms with E-state index < -0.39 is 10.0 Å². The smallest absolute Gasteiger partial charge is 0.238 e. The lowest BCUT2D eigenvalue weighted by atomic mass is 10.0. The minimum absolute atomic E-state index is 0.0797. The molecule has 2 N–H and O–H groups in total. The molecule has 3 aromatic carbocycles. The van der Waals surface area contributed by atoms with Gasteiger partial charge in [-0.3, -0.25) is 9.69 Å². The summed E-state index contributed by atoms with van der Waals surface area (Å²) >= 11 is 0. The highest BCUT2D eigenvalue weighted by Crippen LogP contribution is 2.22. The molecule has 0 aliphatic carbocycles. The average Bonchev–Trinajstić information content (AvgIpc) is 3.37. The SMILES string of the molecule is NS(=O)(=O)c1ccccc1C(=O)c1ccc(N2CCN(Cc3cncn3-c3ccccc3)CC2)cc1. The number of carbonyl (C=O) groups is 1. The van der Waals surface area contributed by atoms with Crippen LogP contribution in [0.4, 0.5) is 5.69 Å². The Balaban J connectivity index is 1.23. The Hall–Kier alpha value is -3.79. The van der Waals surface area contributed by atoms with Crippen LogP contribution in [0.25, 0.3) is 5.69 Å². The fraction of sp³-hybridized carbons (Fsp3) is 0.185. The van der Waals surface area contributed by atoms with E-state index in [4.69, 9.17) is 5.14 Å². The Morgan fingerprint density at radius 3 is 2.19 bits per heavy atom. The number of anilines is 1. The number of sulfonamides is 1. The third kappa shape index (κ3) is 5.08. The molecule has 0 spiro atoms. The lowest BCUT2D eigenvalue weighted by Gasteiger charge is -2.36. The van der Waals surface area contributed by atoms with Crippen molar-refractivity contribution in [1.82, 2.24) is 14.5 Å². The topological polar surface area (TPSA) is 102 Å². The maximum absolute atomic E-state index is 13.0. The van der Waals surface area contributed by atoms with Crippen molar-refractivity contribution in [3.05, 3.63) is 108 Å². The average molecular weight is 502 g/mol. The molecule has 0 atom stereocenters. The van der Waals surface area contributed by atoms with E-state index in [0.717, 1.165) is 49.8 Å². The Morgan fingerprint density at radius 1 is 0.833 bits per heavy atom. The van der Waals surface area contributed by atoms with E-state index in [1.165, 1.54) is 12.1 Å².